The SMILES string of the molecule is CCNc1cnc(N)cn1. The average Bonchev–Trinajstić information content (AvgIpc) is 1.95. The van der Waals surface area contributed by atoms with Crippen molar-refractivity contribution in [2.24, 2.45) is 0 Å². The Morgan fingerprint density at radius 1 is 1.50 bits per heavy atom. The van der Waals surface area contributed by atoms with Crippen LogP contribution >= 0.6 is 0 Å². The summed E-state index contributed by atoms with van der Waals surface area (Å²) in [5.74, 6) is 1.21. The quantitative estimate of drug-likeness (QED) is 0.624. The largest absolute Gasteiger partial charge is 0.382 e. The van der Waals surface area contributed by atoms with Gasteiger partial charge in [0.05, 0.1) is 12.4 Å². The van der Waals surface area contributed by atoms with Crippen LogP contribution in [0, 0.1) is 0 Å². The van der Waals surface area contributed by atoms with Crippen LogP contribution in [0.4, 0.5) is 11.6 Å². The van der Waals surface area contributed by atoms with Gasteiger partial charge in [-0.1, -0.05) is 0 Å². The first-order valence-corrected chi connectivity index (χ1v) is 3.14. The molecular formula is C6H10N4. The number of nitrogens with zero attached hydrogens (tertiary/aromatic N) is 2. The summed E-state index contributed by atoms with van der Waals surface area (Å²) in [4.78, 5) is 7.82. The van der Waals surface area contributed by atoms with E-state index in [0.29, 0.717) is 5.82 Å². The van der Waals surface area contributed by atoms with Crippen LogP contribution in [0.25, 0.3) is 0 Å². The fraction of sp³-hybridized carbons (Fsp3) is 0.333. The lowest BCUT2D eigenvalue weighted by molar-refractivity contribution is 1.13. The first kappa shape index (κ1) is 6.80. The maximum atomic E-state index is 5.32. The molecule has 1 aromatic heterocycles. The molecule has 1 heterocycles. The van der Waals surface area contributed by atoms with E-state index in [4.69, 9.17) is 5.73 Å². The van der Waals surface area contributed by atoms with Crippen LogP contribution in [0.3, 0.4) is 0 Å². The summed E-state index contributed by atoms with van der Waals surface area (Å²) in [6, 6.07) is 0. The first-order valence-electron chi connectivity index (χ1n) is 3.14. The van der Waals surface area contributed by atoms with Crippen molar-refractivity contribution < 1.29 is 0 Å². The van der Waals surface area contributed by atoms with Gasteiger partial charge in [0, 0.05) is 6.54 Å². The molecule has 0 amide bonds. The van der Waals surface area contributed by atoms with Crippen molar-refractivity contribution in [2.75, 3.05) is 17.6 Å². The number of rotatable bonds is 2. The highest BCUT2D eigenvalue weighted by atomic mass is 15.0. The number of nitrogens with one attached hydrogen (secondary N) is 1. The molecule has 4 nitrogen and oxygen atoms in total. The van der Waals surface area contributed by atoms with Gasteiger partial charge in [0.15, 0.2) is 0 Å². The first-order chi connectivity index (χ1) is 4.83. The van der Waals surface area contributed by atoms with Gasteiger partial charge in [0.25, 0.3) is 0 Å². The molecule has 1 aromatic rings. The Morgan fingerprint density at radius 3 is 2.80 bits per heavy atom. The van der Waals surface area contributed by atoms with Gasteiger partial charge in [-0.05, 0) is 6.92 Å². The highest BCUT2D eigenvalue weighted by Crippen LogP contribution is 1.99. The van der Waals surface area contributed by atoms with Crippen LogP contribution in [-0.4, -0.2) is 16.5 Å². The molecular weight excluding hydrogens is 128 g/mol. The minimum atomic E-state index is 0.446. The second-order valence-corrected chi connectivity index (χ2v) is 1.86. The third-order valence-corrected chi connectivity index (χ3v) is 1.03. The predicted octanol–water partition coefficient (Wildman–Crippen LogP) is 0.491. The maximum absolute atomic E-state index is 5.32. The monoisotopic (exact) mass is 138 g/mol. The summed E-state index contributed by atoms with van der Waals surface area (Å²) in [6.45, 7) is 2.84. The van der Waals surface area contributed by atoms with E-state index >= 15 is 0 Å². The molecule has 1 rings (SSSR count). The third kappa shape index (κ3) is 1.58. The molecule has 4 heteroatoms. The van der Waals surface area contributed by atoms with E-state index in [-0.39, 0.29) is 0 Å². The number of aromatic nitrogens is 2. The van der Waals surface area contributed by atoms with Crippen LogP contribution in [0.15, 0.2) is 12.4 Å². The second kappa shape index (κ2) is 3.00. The molecule has 54 valence electrons. The van der Waals surface area contributed by atoms with Gasteiger partial charge in [-0.15, -0.1) is 0 Å². The van der Waals surface area contributed by atoms with Gasteiger partial charge in [-0.3, -0.25) is 0 Å². The fourth-order valence-corrected chi connectivity index (χ4v) is 0.610. The maximum Gasteiger partial charge on any atom is 0.144 e. The van der Waals surface area contributed by atoms with Crippen LogP contribution in [0.2, 0.25) is 0 Å². The van der Waals surface area contributed by atoms with E-state index in [1.54, 1.807) is 6.20 Å². The van der Waals surface area contributed by atoms with Gasteiger partial charge in [0.1, 0.15) is 11.6 Å². The van der Waals surface area contributed by atoms with Crippen molar-refractivity contribution in [3.8, 4) is 0 Å². The van der Waals surface area contributed by atoms with Crippen LogP contribution in [0.5, 0.6) is 0 Å². The molecule has 0 spiro atoms. The van der Waals surface area contributed by atoms with Gasteiger partial charge < -0.3 is 11.1 Å². The van der Waals surface area contributed by atoms with Gasteiger partial charge in [-0.25, -0.2) is 9.97 Å². The Kier molecular flexibility index (Phi) is 2.04. The topological polar surface area (TPSA) is 63.8 Å². The molecule has 0 bridgehead atoms. The molecule has 10 heavy (non-hydrogen) atoms. The molecule has 0 aliphatic heterocycles. The molecule has 3 N–H and O–H groups in total. The van der Waals surface area contributed by atoms with Gasteiger partial charge >= 0.3 is 0 Å². The van der Waals surface area contributed by atoms with Crippen LogP contribution in [-0.2, 0) is 0 Å². The average molecular weight is 138 g/mol. The lowest BCUT2D eigenvalue weighted by Gasteiger charge is -1.99. The lowest BCUT2D eigenvalue weighted by atomic mass is 10.6. The Labute approximate surface area is 59.5 Å². The molecule has 0 aliphatic rings. The van der Waals surface area contributed by atoms with Crippen LogP contribution in [0.1, 0.15) is 6.92 Å². The molecule has 0 atom stereocenters. The summed E-state index contributed by atoms with van der Waals surface area (Å²) in [5, 5.41) is 3.01. The standard InChI is InChI=1S/C6H10N4/c1-2-8-6-4-9-5(7)3-10-6/h3-4H,2H2,1H3,(H2,7,9)(H,8,10). The van der Waals surface area contributed by atoms with Crippen molar-refractivity contribution in [3.05, 3.63) is 12.4 Å². The van der Waals surface area contributed by atoms with Crippen molar-refractivity contribution in [2.45, 2.75) is 6.92 Å². The summed E-state index contributed by atoms with van der Waals surface area (Å²) < 4.78 is 0. The highest BCUT2D eigenvalue weighted by molar-refractivity contribution is 5.35. The fourth-order valence-electron chi connectivity index (χ4n) is 0.610. The minimum Gasteiger partial charge on any atom is -0.382 e. The zero-order valence-electron chi connectivity index (χ0n) is 5.83. The summed E-state index contributed by atoms with van der Waals surface area (Å²) in [7, 11) is 0. The molecule has 0 radical (unpaired) electrons. The summed E-state index contributed by atoms with van der Waals surface area (Å²) in [6.07, 6.45) is 3.14. The molecule has 0 saturated heterocycles. The molecule has 0 aliphatic carbocycles. The molecule has 0 unspecified atom stereocenters. The Hall–Kier alpha value is -1.32. The van der Waals surface area contributed by atoms with Crippen molar-refractivity contribution in [1.29, 1.82) is 0 Å². The minimum absolute atomic E-state index is 0.446. The number of hydrogen-bond acceptors (Lipinski definition) is 4. The number of nitrogens with two attached hydrogens (primary N) is 1. The van der Waals surface area contributed by atoms with E-state index in [2.05, 4.69) is 15.3 Å². The van der Waals surface area contributed by atoms with Gasteiger partial charge in [-0.2, -0.15) is 0 Å². The number of hydrogen-bond donors (Lipinski definition) is 2. The third-order valence-electron chi connectivity index (χ3n) is 1.03. The Balaban J connectivity index is 2.69. The predicted molar refractivity (Wildman–Crippen MR) is 40.6 cm³/mol. The van der Waals surface area contributed by atoms with E-state index in [0.717, 1.165) is 12.4 Å². The van der Waals surface area contributed by atoms with E-state index in [1.165, 1.54) is 6.20 Å². The van der Waals surface area contributed by atoms with E-state index in [9.17, 15) is 0 Å². The highest BCUT2D eigenvalue weighted by Gasteiger charge is 1.89. The smallest absolute Gasteiger partial charge is 0.144 e. The molecule has 0 fully saturated rings. The van der Waals surface area contributed by atoms with E-state index in [1.807, 2.05) is 6.92 Å². The molecule has 0 saturated carbocycles. The Bertz CT molecular complexity index is 193. The zero-order chi connectivity index (χ0) is 7.40. The van der Waals surface area contributed by atoms with Crippen molar-refractivity contribution in [1.82, 2.24) is 9.97 Å². The number of nitrogen functional groups attached to an aromatic ring is 1. The molecule has 0 aromatic carbocycles. The van der Waals surface area contributed by atoms with Gasteiger partial charge in [0.2, 0.25) is 0 Å². The second-order valence-electron chi connectivity index (χ2n) is 1.86. The zero-order valence-corrected chi connectivity index (χ0v) is 5.83. The lowest BCUT2D eigenvalue weighted by Crippen LogP contribution is -2.00. The van der Waals surface area contributed by atoms with Crippen molar-refractivity contribution >= 4 is 11.6 Å². The normalized spacial score (nSPS) is 9.30. The summed E-state index contributed by atoms with van der Waals surface area (Å²) >= 11 is 0. The van der Waals surface area contributed by atoms with Crippen LogP contribution < -0.4 is 11.1 Å². The summed E-state index contributed by atoms with van der Waals surface area (Å²) in [5.41, 5.74) is 5.32. The number of anilines is 2. The van der Waals surface area contributed by atoms with Crippen molar-refractivity contribution in [3.63, 3.8) is 0 Å². The Morgan fingerprint density at radius 2 is 2.30 bits per heavy atom. The van der Waals surface area contributed by atoms with E-state index < -0.39 is 0 Å².